The van der Waals surface area contributed by atoms with Crippen molar-refractivity contribution in [2.45, 2.75) is 12.8 Å². The van der Waals surface area contributed by atoms with Crippen molar-refractivity contribution in [3.05, 3.63) is 82.4 Å². The fraction of sp³-hybridized carbons (Fsp3) is 0.136. The number of benzene rings is 3. The Hall–Kier alpha value is -3.45. The molecule has 4 aromatic rings. The first-order chi connectivity index (χ1) is 14.0. The number of aromatic nitrogens is 3. The highest BCUT2D eigenvalue weighted by molar-refractivity contribution is 7.71. The number of aromatic hydroxyl groups is 1. The molecule has 7 heteroatoms. The molecule has 1 aromatic heterocycles. The van der Waals surface area contributed by atoms with Crippen LogP contribution >= 0.6 is 12.2 Å². The zero-order chi connectivity index (χ0) is 20.4. The van der Waals surface area contributed by atoms with Gasteiger partial charge in [-0.15, -0.1) is 0 Å². The van der Waals surface area contributed by atoms with E-state index in [1.54, 1.807) is 42.3 Å². The molecular formula is C22H20N4O2S. The van der Waals surface area contributed by atoms with E-state index in [4.69, 9.17) is 17.0 Å². The van der Waals surface area contributed by atoms with E-state index in [0.29, 0.717) is 4.77 Å². The molecule has 0 bridgehead atoms. The first-order valence-electron chi connectivity index (χ1n) is 9.13. The summed E-state index contributed by atoms with van der Waals surface area (Å²) in [6.07, 6.45) is 1.69. The van der Waals surface area contributed by atoms with Crippen LogP contribution < -0.4 is 4.74 Å². The van der Waals surface area contributed by atoms with Gasteiger partial charge in [0.15, 0.2) is 5.82 Å². The minimum Gasteiger partial charge on any atom is -0.508 e. The van der Waals surface area contributed by atoms with Gasteiger partial charge in [0.25, 0.3) is 0 Å². The predicted molar refractivity (Wildman–Crippen MR) is 117 cm³/mol. The maximum atomic E-state index is 9.41. The van der Waals surface area contributed by atoms with Crippen molar-refractivity contribution in [1.29, 1.82) is 0 Å². The van der Waals surface area contributed by atoms with Crippen LogP contribution in [0.4, 0.5) is 0 Å². The second kappa shape index (κ2) is 7.89. The second-order valence-corrected chi connectivity index (χ2v) is 7.12. The minimum atomic E-state index is -0.0218. The van der Waals surface area contributed by atoms with E-state index in [2.05, 4.69) is 40.4 Å². The van der Waals surface area contributed by atoms with Crippen molar-refractivity contribution in [2.75, 3.05) is 7.11 Å². The number of nitrogens with zero attached hydrogens (tertiary/aromatic N) is 3. The lowest BCUT2D eigenvalue weighted by atomic mass is 9.97. The second-order valence-electron chi connectivity index (χ2n) is 6.73. The number of phenolic OH excluding ortho intramolecular Hbond substituents is 1. The highest BCUT2D eigenvalue weighted by atomic mass is 32.1. The number of methoxy groups -OCH3 is 1. The Morgan fingerprint density at radius 1 is 1.10 bits per heavy atom. The third-order valence-electron chi connectivity index (χ3n) is 4.85. The Balaban J connectivity index is 1.67. The third kappa shape index (κ3) is 3.90. The average Bonchev–Trinajstić information content (AvgIpc) is 3.12. The molecule has 0 saturated heterocycles. The molecule has 2 N–H and O–H groups in total. The lowest BCUT2D eigenvalue weighted by Crippen LogP contribution is -2.05. The van der Waals surface area contributed by atoms with Crippen molar-refractivity contribution in [1.82, 2.24) is 14.9 Å². The summed E-state index contributed by atoms with van der Waals surface area (Å²) in [6.45, 7) is 2.07. The number of rotatable bonds is 5. The SMILES string of the molecule is COc1ccc2cc(C(C)c3n[nH]c(=S)n3/N=C/c3ccc(O)cc3)ccc2c1. The molecule has 29 heavy (non-hydrogen) atoms. The fourth-order valence-electron chi connectivity index (χ4n) is 3.17. The van der Waals surface area contributed by atoms with Gasteiger partial charge in [0.05, 0.1) is 13.3 Å². The van der Waals surface area contributed by atoms with Crippen molar-refractivity contribution >= 4 is 29.2 Å². The van der Waals surface area contributed by atoms with Crippen molar-refractivity contribution in [2.24, 2.45) is 5.10 Å². The van der Waals surface area contributed by atoms with Gasteiger partial charge in [0, 0.05) is 5.92 Å². The number of ether oxygens (including phenoxy) is 1. The van der Waals surface area contributed by atoms with Gasteiger partial charge in [-0.05, 0) is 70.5 Å². The number of H-pyrrole nitrogens is 1. The molecule has 0 amide bonds. The van der Waals surface area contributed by atoms with Crippen molar-refractivity contribution < 1.29 is 9.84 Å². The summed E-state index contributed by atoms with van der Waals surface area (Å²) in [5, 5.41) is 23.4. The molecule has 1 atom stereocenters. The lowest BCUT2D eigenvalue weighted by molar-refractivity contribution is 0.415. The molecule has 0 aliphatic heterocycles. The predicted octanol–water partition coefficient (Wildman–Crippen LogP) is 4.84. The van der Waals surface area contributed by atoms with Gasteiger partial charge in [-0.2, -0.15) is 14.9 Å². The van der Waals surface area contributed by atoms with Gasteiger partial charge < -0.3 is 9.84 Å². The number of aromatic amines is 1. The summed E-state index contributed by atoms with van der Waals surface area (Å²) in [7, 11) is 1.67. The quantitative estimate of drug-likeness (QED) is 0.369. The van der Waals surface area contributed by atoms with Crippen LogP contribution in [0.1, 0.15) is 29.8 Å². The number of hydrogen-bond donors (Lipinski definition) is 2. The van der Waals surface area contributed by atoms with Crippen molar-refractivity contribution in [3.63, 3.8) is 0 Å². The van der Waals surface area contributed by atoms with Gasteiger partial charge in [-0.1, -0.05) is 31.2 Å². The normalized spacial score (nSPS) is 12.5. The van der Waals surface area contributed by atoms with Crippen LogP contribution in [0.2, 0.25) is 0 Å². The molecule has 1 unspecified atom stereocenters. The Labute approximate surface area is 173 Å². The molecule has 0 aliphatic carbocycles. The average molecular weight is 404 g/mol. The largest absolute Gasteiger partial charge is 0.508 e. The van der Waals surface area contributed by atoms with Crippen LogP contribution in [0.5, 0.6) is 11.5 Å². The van der Waals surface area contributed by atoms with E-state index in [1.807, 2.05) is 18.2 Å². The van der Waals surface area contributed by atoms with Gasteiger partial charge in [-0.3, -0.25) is 5.10 Å². The Morgan fingerprint density at radius 3 is 2.59 bits per heavy atom. The molecule has 4 rings (SSSR count). The van der Waals surface area contributed by atoms with E-state index in [9.17, 15) is 5.11 Å². The molecule has 6 nitrogen and oxygen atoms in total. The van der Waals surface area contributed by atoms with E-state index in [1.165, 1.54) is 0 Å². The smallest absolute Gasteiger partial charge is 0.216 e. The molecular weight excluding hydrogens is 384 g/mol. The van der Waals surface area contributed by atoms with Crippen LogP contribution in [0.3, 0.4) is 0 Å². The Bertz CT molecular complexity index is 1240. The summed E-state index contributed by atoms with van der Waals surface area (Å²) < 4.78 is 7.35. The van der Waals surface area contributed by atoms with Gasteiger partial charge >= 0.3 is 0 Å². The van der Waals surface area contributed by atoms with Crippen LogP contribution in [-0.2, 0) is 0 Å². The molecule has 0 aliphatic rings. The molecule has 0 fully saturated rings. The van der Waals surface area contributed by atoms with Crippen LogP contribution in [-0.4, -0.2) is 33.3 Å². The monoisotopic (exact) mass is 404 g/mol. The molecule has 146 valence electrons. The van der Waals surface area contributed by atoms with E-state index in [-0.39, 0.29) is 11.7 Å². The standard InChI is InChI=1S/C22H20N4O2S/c1-14(16-5-6-18-12-20(28-2)10-7-17(18)11-16)21-24-25-22(29)26(21)23-13-15-3-8-19(27)9-4-15/h3-14,27H,1-2H3,(H,25,29)/b23-13+. The van der Waals surface area contributed by atoms with Gasteiger partial charge in [0.2, 0.25) is 4.77 Å². The summed E-state index contributed by atoms with van der Waals surface area (Å²) in [6, 6.07) is 19.1. The lowest BCUT2D eigenvalue weighted by Gasteiger charge is -2.12. The number of fused-ring (bicyclic) bond motifs is 1. The maximum absolute atomic E-state index is 9.41. The fourth-order valence-corrected chi connectivity index (χ4v) is 3.35. The topological polar surface area (TPSA) is 75.4 Å². The van der Waals surface area contributed by atoms with E-state index in [0.717, 1.165) is 33.5 Å². The zero-order valence-electron chi connectivity index (χ0n) is 16.0. The maximum Gasteiger partial charge on any atom is 0.216 e. The summed E-state index contributed by atoms with van der Waals surface area (Å²) in [5.41, 5.74) is 1.96. The van der Waals surface area contributed by atoms with Gasteiger partial charge in [-0.25, -0.2) is 0 Å². The van der Waals surface area contributed by atoms with Crippen LogP contribution in [0.15, 0.2) is 65.8 Å². The number of hydrogen-bond acceptors (Lipinski definition) is 5. The Kier molecular flexibility index (Phi) is 5.14. The first-order valence-corrected chi connectivity index (χ1v) is 9.54. The van der Waals surface area contributed by atoms with Crippen LogP contribution in [0, 0.1) is 4.77 Å². The molecule has 1 heterocycles. The summed E-state index contributed by atoms with van der Waals surface area (Å²) >= 11 is 5.36. The minimum absolute atomic E-state index is 0.0218. The Morgan fingerprint density at radius 2 is 1.83 bits per heavy atom. The first kappa shape index (κ1) is 18.9. The number of nitrogens with one attached hydrogen (secondary N) is 1. The number of phenols is 1. The molecule has 0 radical (unpaired) electrons. The highest BCUT2D eigenvalue weighted by Crippen LogP contribution is 2.28. The van der Waals surface area contributed by atoms with Gasteiger partial charge in [0.1, 0.15) is 11.5 Å². The third-order valence-corrected chi connectivity index (χ3v) is 5.11. The van der Waals surface area contributed by atoms with Crippen LogP contribution in [0.25, 0.3) is 10.8 Å². The molecule has 0 spiro atoms. The summed E-state index contributed by atoms with van der Waals surface area (Å²) in [4.78, 5) is 0. The summed E-state index contributed by atoms with van der Waals surface area (Å²) in [5.74, 6) is 1.75. The highest BCUT2D eigenvalue weighted by Gasteiger charge is 2.16. The van der Waals surface area contributed by atoms with E-state index >= 15 is 0 Å². The van der Waals surface area contributed by atoms with Crippen molar-refractivity contribution in [3.8, 4) is 11.5 Å². The molecule has 0 saturated carbocycles. The zero-order valence-corrected chi connectivity index (χ0v) is 16.9. The molecule has 3 aromatic carbocycles. The van der Waals surface area contributed by atoms with E-state index < -0.39 is 0 Å².